The van der Waals surface area contributed by atoms with Gasteiger partial charge in [0.15, 0.2) is 6.61 Å². The Bertz CT molecular complexity index is 597. The van der Waals surface area contributed by atoms with E-state index in [9.17, 15) is 14.0 Å². The van der Waals surface area contributed by atoms with Gasteiger partial charge in [0.25, 0.3) is 5.91 Å². The van der Waals surface area contributed by atoms with Crippen molar-refractivity contribution in [2.24, 2.45) is 11.8 Å². The Kier molecular flexibility index (Phi) is 6.53. The summed E-state index contributed by atoms with van der Waals surface area (Å²) in [5.41, 5.74) is 0.683. The van der Waals surface area contributed by atoms with Gasteiger partial charge < -0.3 is 10.1 Å². The third kappa shape index (κ3) is 5.48. The quantitative estimate of drug-likeness (QED) is 0.664. The van der Waals surface area contributed by atoms with Crippen molar-refractivity contribution in [1.82, 2.24) is 5.32 Å². The van der Waals surface area contributed by atoms with Gasteiger partial charge >= 0.3 is 5.97 Å². The zero-order valence-electron chi connectivity index (χ0n) is 14.1. The lowest BCUT2D eigenvalue weighted by Crippen LogP contribution is -2.45. The first-order valence-corrected chi connectivity index (χ1v) is 8.35. The van der Waals surface area contributed by atoms with Crippen LogP contribution in [0.15, 0.2) is 30.3 Å². The van der Waals surface area contributed by atoms with E-state index >= 15 is 0 Å². The molecule has 0 aliphatic heterocycles. The van der Waals surface area contributed by atoms with Crippen LogP contribution >= 0.6 is 0 Å². The van der Waals surface area contributed by atoms with Crippen LogP contribution < -0.4 is 5.32 Å². The maximum Gasteiger partial charge on any atom is 0.331 e. The maximum absolute atomic E-state index is 12.8. The number of carbonyl (C=O) groups is 2. The maximum atomic E-state index is 12.8. The highest BCUT2D eigenvalue weighted by Crippen LogP contribution is 2.29. The molecule has 1 fully saturated rings. The molecule has 1 N–H and O–H groups in total. The van der Waals surface area contributed by atoms with Crippen molar-refractivity contribution in [1.29, 1.82) is 0 Å². The average Bonchev–Trinajstić information content (AvgIpc) is 2.56. The molecule has 130 valence electrons. The number of amides is 1. The van der Waals surface area contributed by atoms with E-state index in [1.54, 1.807) is 12.1 Å². The molecule has 2 rings (SSSR count). The van der Waals surface area contributed by atoms with Crippen molar-refractivity contribution in [3.8, 4) is 0 Å². The lowest BCUT2D eigenvalue weighted by molar-refractivity contribution is -0.144. The minimum Gasteiger partial charge on any atom is -0.452 e. The molecule has 0 spiro atoms. The van der Waals surface area contributed by atoms with E-state index in [0.717, 1.165) is 12.8 Å². The molecule has 3 unspecified atom stereocenters. The predicted octanol–water partition coefficient (Wildman–Crippen LogP) is 3.32. The van der Waals surface area contributed by atoms with Gasteiger partial charge in [-0.2, -0.15) is 0 Å². The fourth-order valence-electron chi connectivity index (χ4n) is 2.96. The molecule has 0 saturated heterocycles. The Balaban J connectivity index is 1.74. The van der Waals surface area contributed by atoms with Crippen molar-refractivity contribution >= 4 is 18.0 Å². The summed E-state index contributed by atoms with van der Waals surface area (Å²) in [5, 5.41) is 2.95. The van der Waals surface area contributed by atoms with E-state index < -0.39 is 5.97 Å². The van der Waals surface area contributed by atoms with Crippen molar-refractivity contribution in [2.45, 2.75) is 39.2 Å². The van der Waals surface area contributed by atoms with Gasteiger partial charge in [0.05, 0.1) is 0 Å². The highest BCUT2D eigenvalue weighted by atomic mass is 19.1. The summed E-state index contributed by atoms with van der Waals surface area (Å²) in [7, 11) is 0. The largest absolute Gasteiger partial charge is 0.452 e. The summed E-state index contributed by atoms with van der Waals surface area (Å²) in [6.07, 6.45) is 6.01. The SMILES string of the molecule is CC1CCCC(NC(=O)COC(=O)/C=C/c2ccc(F)cc2)C1C. The number of carbonyl (C=O) groups excluding carboxylic acids is 2. The van der Waals surface area contributed by atoms with E-state index in [1.807, 2.05) is 0 Å². The topological polar surface area (TPSA) is 55.4 Å². The van der Waals surface area contributed by atoms with Crippen molar-refractivity contribution in [2.75, 3.05) is 6.61 Å². The molecule has 1 aliphatic carbocycles. The molecule has 1 amide bonds. The van der Waals surface area contributed by atoms with Crippen LogP contribution in [0.2, 0.25) is 0 Å². The Morgan fingerprint density at radius 1 is 1.25 bits per heavy atom. The number of esters is 1. The van der Waals surface area contributed by atoms with E-state index in [2.05, 4.69) is 19.2 Å². The standard InChI is InChI=1S/C19H24FNO3/c1-13-4-3-5-17(14(13)2)21-18(22)12-24-19(23)11-8-15-6-9-16(20)10-7-15/h6-11,13-14,17H,3-5,12H2,1-2H3,(H,21,22)/b11-8+. The highest BCUT2D eigenvalue weighted by Gasteiger charge is 2.28. The van der Waals surface area contributed by atoms with Gasteiger partial charge in [0.2, 0.25) is 0 Å². The molecule has 1 aromatic rings. The van der Waals surface area contributed by atoms with Crippen LogP contribution in [-0.4, -0.2) is 24.5 Å². The number of halogens is 1. The first kappa shape index (κ1) is 18.2. The smallest absolute Gasteiger partial charge is 0.331 e. The second-order valence-corrected chi connectivity index (χ2v) is 6.43. The molecule has 0 bridgehead atoms. The third-order valence-corrected chi connectivity index (χ3v) is 4.68. The minimum absolute atomic E-state index is 0.148. The zero-order valence-corrected chi connectivity index (χ0v) is 14.1. The van der Waals surface area contributed by atoms with Crippen LogP contribution in [-0.2, 0) is 14.3 Å². The molecule has 1 saturated carbocycles. The Morgan fingerprint density at radius 3 is 2.67 bits per heavy atom. The Morgan fingerprint density at radius 2 is 1.96 bits per heavy atom. The Labute approximate surface area is 142 Å². The molecular formula is C19H24FNO3. The van der Waals surface area contributed by atoms with Gasteiger partial charge in [-0.1, -0.05) is 38.8 Å². The molecule has 0 aromatic heterocycles. The molecule has 1 aromatic carbocycles. The van der Waals surface area contributed by atoms with Crippen LogP contribution in [0.3, 0.4) is 0 Å². The van der Waals surface area contributed by atoms with Crippen molar-refractivity contribution < 1.29 is 18.7 Å². The predicted molar refractivity (Wildman–Crippen MR) is 90.5 cm³/mol. The number of nitrogens with one attached hydrogen (secondary N) is 1. The third-order valence-electron chi connectivity index (χ3n) is 4.68. The van der Waals surface area contributed by atoms with E-state index in [-0.39, 0.29) is 24.4 Å². The molecule has 3 atom stereocenters. The van der Waals surface area contributed by atoms with Crippen LogP contribution in [0.4, 0.5) is 4.39 Å². The van der Waals surface area contributed by atoms with Crippen molar-refractivity contribution in [3.05, 3.63) is 41.7 Å². The second kappa shape index (κ2) is 8.62. The molecule has 1 aliphatic rings. The van der Waals surface area contributed by atoms with Crippen LogP contribution in [0.5, 0.6) is 0 Å². The van der Waals surface area contributed by atoms with Gasteiger partial charge in [0.1, 0.15) is 5.82 Å². The Hall–Kier alpha value is -2.17. The van der Waals surface area contributed by atoms with Gasteiger partial charge in [-0.05, 0) is 42.0 Å². The lowest BCUT2D eigenvalue weighted by Gasteiger charge is -2.34. The van der Waals surface area contributed by atoms with Crippen LogP contribution in [0.25, 0.3) is 6.08 Å². The van der Waals surface area contributed by atoms with Gasteiger partial charge in [-0.3, -0.25) is 4.79 Å². The second-order valence-electron chi connectivity index (χ2n) is 6.43. The van der Waals surface area contributed by atoms with Crippen molar-refractivity contribution in [3.63, 3.8) is 0 Å². The molecule has 24 heavy (non-hydrogen) atoms. The monoisotopic (exact) mass is 333 g/mol. The molecule has 0 heterocycles. The van der Waals surface area contributed by atoms with Gasteiger partial charge in [-0.25, -0.2) is 9.18 Å². The summed E-state index contributed by atoms with van der Waals surface area (Å²) in [6, 6.07) is 5.87. The molecule has 4 nitrogen and oxygen atoms in total. The molecule has 5 heteroatoms. The first-order valence-electron chi connectivity index (χ1n) is 8.35. The first-order chi connectivity index (χ1) is 11.5. The molecular weight excluding hydrogens is 309 g/mol. The number of hydrogen-bond acceptors (Lipinski definition) is 3. The summed E-state index contributed by atoms with van der Waals surface area (Å²) in [6.45, 7) is 4.06. The van der Waals surface area contributed by atoms with Gasteiger partial charge in [-0.15, -0.1) is 0 Å². The summed E-state index contributed by atoms with van der Waals surface area (Å²) >= 11 is 0. The van der Waals surface area contributed by atoms with Gasteiger partial charge in [0, 0.05) is 12.1 Å². The van der Waals surface area contributed by atoms with Crippen LogP contribution in [0, 0.1) is 17.7 Å². The van der Waals surface area contributed by atoms with E-state index in [4.69, 9.17) is 4.74 Å². The number of hydrogen-bond donors (Lipinski definition) is 1. The summed E-state index contributed by atoms with van der Waals surface area (Å²) in [4.78, 5) is 23.6. The zero-order chi connectivity index (χ0) is 17.5. The van der Waals surface area contributed by atoms with E-state index in [0.29, 0.717) is 17.4 Å². The average molecular weight is 333 g/mol. The minimum atomic E-state index is -0.598. The number of rotatable bonds is 5. The highest BCUT2D eigenvalue weighted by molar-refractivity contribution is 5.89. The fourth-order valence-corrected chi connectivity index (χ4v) is 2.96. The number of ether oxygens (including phenoxy) is 1. The summed E-state index contributed by atoms with van der Waals surface area (Å²) < 4.78 is 17.7. The fraction of sp³-hybridized carbons (Fsp3) is 0.474. The summed E-state index contributed by atoms with van der Waals surface area (Å²) in [5.74, 6) is -0.191. The number of benzene rings is 1. The van der Waals surface area contributed by atoms with E-state index in [1.165, 1.54) is 30.7 Å². The molecule has 0 radical (unpaired) electrons. The normalized spacial score (nSPS) is 23.9. The lowest BCUT2D eigenvalue weighted by atomic mass is 9.78. The van der Waals surface area contributed by atoms with Crippen LogP contribution in [0.1, 0.15) is 38.7 Å².